The fourth-order valence-corrected chi connectivity index (χ4v) is 4.60. The number of halogens is 2. The second-order valence-electron chi connectivity index (χ2n) is 5.71. The van der Waals surface area contributed by atoms with Crippen molar-refractivity contribution in [2.75, 3.05) is 20.5 Å². The molecule has 1 aliphatic heterocycles. The Morgan fingerprint density at radius 1 is 1.41 bits per heavy atom. The number of amides is 1. The molecule has 2 heterocycles. The number of carbonyl (C=O) groups is 2. The summed E-state index contributed by atoms with van der Waals surface area (Å²) in [6, 6.07) is 4.40. The molecule has 1 amide bonds. The van der Waals surface area contributed by atoms with Crippen molar-refractivity contribution in [2.45, 2.75) is 19.5 Å². The fraction of sp³-hybridized carbons (Fsp3) is 0.333. The Morgan fingerprint density at radius 2 is 2.19 bits per heavy atom. The van der Waals surface area contributed by atoms with Gasteiger partial charge in [0.15, 0.2) is 12.8 Å². The molecule has 144 valence electrons. The van der Waals surface area contributed by atoms with Gasteiger partial charge in [0.05, 0.1) is 22.5 Å². The van der Waals surface area contributed by atoms with Gasteiger partial charge in [-0.1, -0.05) is 0 Å². The molecule has 27 heavy (non-hydrogen) atoms. The molecule has 1 atom stereocenters. The van der Waals surface area contributed by atoms with Crippen LogP contribution in [0.2, 0.25) is 0 Å². The van der Waals surface area contributed by atoms with Crippen LogP contribution < -0.4 is 4.74 Å². The summed E-state index contributed by atoms with van der Waals surface area (Å²) in [7, 11) is 1.45. The first kappa shape index (κ1) is 19.8. The van der Waals surface area contributed by atoms with Crippen LogP contribution in [-0.2, 0) is 20.8 Å². The van der Waals surface area contributed by atoms with Crippen LogP contribution in [0.1, 0.15) is 33.8 Å². The highest BCUT2D eigenvalue weighted by Crippen LogP contribution is 2.40. The van der Waals surface area contributed by atoms with Crippen molar-refractivity contribution < 1.29 is 28.2 Å². The van der Waals surface area contributed by atoms with Crippen LogP contribution in [0, 0.1) is 5.82 Å². The third kappa shape index (κ3) is 3.99. The lowest BCUT2D eigenvalue weighted by atomic mass is 10.0. The molecule has 0 fully saturated rings. The zero-order valence-electron chi connectivity index (χ0n) is 14.7. The summed E-state index contributed by atoms with van der Waals surface area (Å²) in [4.78, 5) is 27.8. The van der Waals surface area contributed by atoms with E-state index in [1.54, 1.807) is 13.0 Å². The standard InChI is InChI=1S/C18H17BrFNO5S/c1-3-25-18(23)16(11-6-10(20)4-5-13(11)26-9-24-2)21-8-14-12(17(21)22)7-15(19)27-14/h4-7,16H,3,8-9H2,1-2H3. The predicted molar refractivity (Wildman–Crippen MR) is 100 cm³/mol. The van der Waals surface area contributed by atoms with Crippen molar-refractivity contribution >= 4 is 39.1 Å². The van der Waals surface area contributed by atoms with Crippen LogP contribution in [0.5, 0.6) is 5.75 Å². The molecule has 0 bridgehead atoms. The molecule has 1 aliphatic rings. The number of benzene rings is 1. The van der Waals surface area contributed by atoms with E-state index in [1.807, 2.05) is 0 Å². The zero-order valence-corrected chi connectivity index (χ0v) is 17.1. The summed E-state index contributed by atoms with van der Waals surface area (Å²) in [6.07, 6.45) is 0. The van der Waals surface area contributed by atoms with E-state index < -0.39 is 17.8 Å². The van der Waals surface area contributed by atoms with Crippen LogP contribution >= 0.6 is 27.3 Å². The van der Waals surface area contributed by atoms with Gasteiger partial charge in [-0.3, -0.25) is 4.79 Å². The molecular weight excluding hydrogens is 441 g/mol. The maximum absolute atomic E-state index is 14.0. The molecule has 0 saturated carbocycles. The number of esters is 1. The maximum atomic E-state index is 14.0. The highest BCUT2D eigenvalue weighted by atomic mass is 79.9. The van der Waals surface area contributed by atoms with Gasteiger partial charge < -0.3 is 19.1 Å². The Balaban J connectivity index is 2.03. The highest BCUT2D eigenvalue weighted by molar-refractivity contribution is 9.11. The van der Waals surface area contributed by atoms with E-state index in [1.165, 1.54) is 41.5 Å². The summed E-state index contributed by atoms with van der Waals surface area (Å²) in [5.74, 6) is -1.26. The van der Waals surface area contributed by atoms with E-state index in [0.717, 1.165) is 8.66 Å². The summed E-state index contributed by atoms with van der Waals surface area (Å²) in [5, 5.41) is 0. The number of hydrogen-bond acceptors (Lipinski definition) is 6. The topological polar surface area (TPSA) is 65.1 Å². The van der Waals surface area contributed by atoms with Crippen molar-refractivity contribution in [1.82, 2.24) is 4.90 Å². The van der Waals surface area contributed by atoms with Gasteiger partial charge in [0.1, 0.15) is 11.6 Å². The Labute approximate surface area is 167 Å². The molecule has 0 N–H and O–H groups in total. The van der Waals surface area contributed by atoms with Gasteiger partial charge in [0, 0.05) is 17.6 Å². The molecule has 0 radical (unpaired) electrons. The van der Waals surface area contributed by atoms with Crippen LogP contribution in [0.4, 0.5) is 4.39 Å². The first-order valence-corrected chi connectivity index (χ1v) is 9.74. The second kappa shape index (κ2) is 8.37. The lowest BCUT2D eigenvalue weighted by Gasteiger charge is -2.27. The Morgan fingerprint density at radius 3 is 2.85 bits per heavy atom. The highest BCUT2D eigenvalue weighted by Gasteiger charge is 2.41. The molecule has 3 rings (SSSR count). The van der Waals surface area contributed by atoms with Gasteiger partial charge in [-0.25, -0.2) is 9.18 Å². The van der Waals surface area contributed by atoms with E-state index in [9.17, 15) is 14.0 Å². The van der Waals surface area contributed by atoms with E-state index in [2.05, 4.69) is 15.9 Å². The predicted octanol–water partition coefficient (Wildman–Crippen LogP) is 3.89. The molecular formula is C18H17BrFNO5S. The molecule has 9 heteroatoms. The number of rotatable bonds is 7. The normalized spacial score (nSPS) is 14.2. The second-order valence-corrected chi connectivity index (χ2v) is 8.22. The Hall–Kier alpha value is -1.97. The van der Waals surface area contributed by atoms with E-state index >= 15 is 0 Å². The largest absolute Gasteiger partial charge is 0.467 e. The van der Waals surface area contributed by atoms with E-state index in [4.69, 9.17) is 14.2 Å². The molecule has 6 nitrogen and oxygen atoms in total. The monoisotopic (exact) mass is 457 g/mol. The van der Waals surface area contributed by atoms with Crippen molar-refractivity contribution in [1.29, 1.82) is 0 Å². The van der Waals surface area contributed by atoms with E-state index in [-0.39, 0.29) is 37.2 Å². The number of ether oxygens (including phenoxy) is 3. The van der Waals surface area contributed by atoms with Gasteiger partial charge in [-0.2, -0.15) is 0 Å². The van der Waals surface area contributed by atoms with Crippen molar-refractivity contribution in [3.8, 4) is 5.75 Å². The summed E-state index contributed by atoms with van der Waals surface area (Å²) in [5.41, 5.74) is 0.741. The first-order chi connectivity index (χ1) is 13.0. The average molecular weight is 458 g/mol. The molecule has 1 aromatic carbocycles. The van der Waals surface area contributed by atoms with Crippen LogP contribution in [0.3, 0.4) is 0 Å². The molecule has 0 aliphatic carbocycles. The third-order valence-electron chi connectivity index (χ3n) is 4.00. The summed E-state index contributed by atoms with van der Waals surface area (Å²) < 4.78 is 30.4. The number of fused-ring (bicyclic) bond motifs is 1. The van der Waals surface area contributed by atoms with Crippen LogP contribution in [0.25, 0.3) is 0 Å². The Bertz CT molecular complexity index is 871. The van der Waals surface area contributed by atoms with Crippen molar-refractivity contribution in [3.63, 3.8) is 0 Å². The minimum Gasteiger partial charge on any atom is -0.467 e. The molecule has 2 aromatic rings. The average Bonchev–Trinajstić information content (AvgIpc) is 3.13. The summed E-state index contributed by atoms with van der Waals surface area (Å²) in [6.45, 7) is 1.95. The number of carbonyl (C=O) groups excluding carboxylic acids is 2. The minimum absolute atomic E-state index is 0.0809. The van der Waals surface area contributed by atoms with Crippen molar-refractivity contribution in [2.24, 2.45) is 0 Å². The maximum Gasteiger partial charge on any atom is 0.333 e. The van der Waals surface area contributed by atoms with Crippen LogP contribution in [0.15, 0.2) is 28.1 Å². The molecule has 1 aromatic heterocycles. The van der Waals surface area contributed by atoms with Crippen molar-refractivity contribution in [3.05, 3.63) is 49.9 Å². The smallest absolute Gasteiger partial charge is 0.333 e. The first-order valence-electron chi connectivity index (χ1n) is 8.13. The lowest BCUT2D eigenvalue weighted by molar-refractivity contribution is -0.149. The van der Waals surface area contributed by atoms with Gasteiger partial charge in [0.25, 0.3) is 5.91 Å². The summed E-state index contributed by atoms with van der Waals surface area (Å²) >= 11 is 4.78. The number of nitrogens with zero attached hydrogens (tertiary/aromatic N) is 1. The van der Waals surface area contributed by atoms with Gasteiger partial charge in [-0.15, -0.1) is 11.3 Å². The fourth-order valence-electron chi connectivity index (χ4n) is 2.91. The molecule has 1 unspecified atom stereocenters. The van der Waals surface area contributed by atoms with Gasteiger partial charge >= 0.3 is 5.97 Å². The van der Waals surface area contributed by atoms with Crippen LogP contribution in [-0.4, -0.2) is 37.3 Å². The molecule has 0 spiro atoms. The number of hydrogen-bond donors (Lipinski definition) is 0. The Kier molecular flexibility index (Phi) is 6.13. The third-order valence-corrected chi connectivity index (χ3v) is 5.63. The zero-order chi connectivity index (χ0) is 19.6. The molecule has 0 saturated heterocycles. The quantitative estimate of drug-likeness (QED) is 0.466. The van der Waals surface area contributed by atoms with E-state index in [0.29, 0.717) is 5.56 Å². The van der Waals surface area contributed by atoms with Gasteiger partial charge in [-0.05, 0) is 47.1 Å². The minimum atomic E-state index is -1.13. The number of methoxy groups -OCH3 is 1. The number of thiophene rings is 1. The SMILES string of the molecule is CCOC(=O)C(c1cc(F)ccc1OCOC)N1Cc2sc(Br)cc2C1=O. The lowest BCUT2D eigenvalue weighted by Crippen LogP contribution is -2.36. The van der Waals surface area contributed by atoms with Gasteiger partial charge in [0.2, 0.25) is 0 Å².